The molecule has 154 valence electrons. The van der Waals surface area contributed by atoms with Crippen LogP contribution in [0.4, 0.5) is 11.4 Å². The van der Waals surface area contributed by atoms with Gasteiger partial charge in [0.2, 0.25) is 0 Å². The summed E-state index contributed by atoms with van der Waals surface area (Å²) in [7, 11) is 0. The molecule has 0 radical (unpaired) electrons. The van der Waals surface area contributed by atoms with Crippen molar-refractivity contribution in [1.29, 1.82) is 0 Å². The van der Waals surface area contributed by atoms with E-state index in [0.29, 0.717) is 12.2 Å². The zero-order chi connectivity index (χ0) is 20.5. The maximum absolute atomic E-state index is 12.6. The molecule has 3 rings (SSSR count). The highest BCUT2D eigenvalue weighted by Crippen LogP contribution is 2.22. The monoisotopic (exact) mass is 394 g/mol. The second-order valence-electron chi connectivity index (χ2n) is 7.42. The Morgan fingerprint density at radius 3 is 2.31 bits per heavy atom. The van der Waals surface area contributed by atoms with Crippen LogP contribution in [0.1, 0.15) is 66.4 Å². The molecule has 0 aliphatic carbocycles. The fraction of sp³-hybridized carbons (Fsp3) is 0.435. The largest absolute Gasteiger partial charge is 0.372 e. The molecule has 0 atom stereocenters. The standard InChI is InChI=1S/C23H30N4O2/c1-2-3-5-15-24-22(28)20-9-8-10-21(26-20)23(29)25-18-11-13-19(14-12-18)27-16-6-4-7-17-27/h8-14H,2-7,15-17H2,1H3,(H,24,28)(H,25,29). The molecule has 1 aliphatic rings. The van der Waals surface area contributed by atoms with Gasteiger partial charge in [-0.3, -0.25) is 9.59 Å². The molecule has 1 saturated heterocycles. The van der Waals surface area contributed by atoms with Crippen LogP contribution < -0.4 is 15.5 Å². The van der Waals surface area contributed by atoms with E-state index in [2.05, 4.69) is 27.4 Å². The van der Waals surface area contributed by atoms with Crippen molar-refractivity contribution in [2.75, 3.05) is 29.9 Å². The second-order valence-corrected chi connectivity index (χ2v) is 7.42. The molecular weight excluding hydrogens is 364 g/mol. The van der Waals surface area contributed by atoms with Gasteiger partial charge in [-0.05, 0) is 62.1 Å². The maximum Gasteiger partial charge on any atom is 0.274 e. The Balaban J connectivity index is 1.58. The molecule has 0 bridgehead atoms. The van der Waals surface area contributed by atoms with Crippen LogP contribution >= 0.6 is 0 Å². The average Bonchev–Trinajstić information content (AvgIpc) is 2.78. The number of benzene rings is 1. The van der Waals surface area contributed by atoms with Gasteiger partial charge in [-0.2, -0.15) is 0 Å². The lowest BCUT2D eigenvalue weighted by Crippen LogP contribution is -2.29. The van der Waals surface area contributed by atoms with Gasteiger partial charge in [0.15, 0.2) is 0 Å². The summed E-state index contributed by atoms with van der Waals surface area (Å²) in [6, 6.07) is 12.8. The lowest BCUT2D eigenvalue weighted by molar-refractivity contribution is 0.0947. The van der Waals surface area contributed by atoms with E-state index in [0.717, 1.165) is 32.4 Å². The summed E-state index contributed by atoms with van der Waals surface area (Å²) >= 11 is 0. The molecule has 0 saturated carbocycles. The van der Waals surface area contributed by atoms with E-state index in [1.807, 2.05) is 24.3 Å². The smallest absolute Gasteiger partial charge is 0.274 e. The number of anilines is 2. The number of carbonyl (C=O) groups is 2. The summed E-state index contributed by atoms with van der Waals surface area (Å²) in [5.74, 6) is -0.571. The van der Waals surface area contributed by atoms with Gasteiger partial charge < -0.3 is 15.5 Å². The van der Waals surface area contributed by atoms with E-state index in [9.17, 15) is 9.59 Å². The predicted octanol–water partition coefficient (Wildman–Crippen LogP) is 4.24. The summed E-state index contributed by atoms with van der Waals surface area (Å²) < 4.78 is 0. The molecule has 0 unspecified atom stereocenters. The normalized spacial score (nSPS) is 13.8. The van der Waals surface area contributed by atoms with Crippen molar-refractivity contribution >= 4 is 23.2 Å². The van der Waals surface area contributed by atoms with E-state index >= 15 is 0 Å². The summed E-state index contributed by atoms with van der Waals surface area (Å²) in [5.41, 5.74) is 2.38. The van der Waals surface area contributed by atoms with E-state index in [-0.39, 0.29) is 23.2 Å². The third-order valence-electron chi connectivity index (χ3n) is 5.13. The number of amides is 2. The first-order valence-corrected chi connectivity index (χ1v) is 10.6. The zero-order valence-electron chi connectivity index (χ0n) is 17.1. The van der Waals surface area contributed by atoms with Gasteiger partial charge in [-0.15, -0.1) is 0 Å². The van der Waals surface area contributed by atoms with E-state index in [1.54, 1.807) is 18.2 Å². The summed E-state index contributed by atoms with van der Waals surface area (Å²) in [4.78, 5) is 31.4. The first kappa shape index (κ1) is 20.8. The van der Waals surface area contributed by atoms with E-state index in [4.69, 9.17) is 0 Å². The van der Waals surface area contributed by atoms with Gasteiger partial charge in [-0.1, -0.05) is 25.8 Å². The quantitative estimate of drug-likeness (QED) is 0.657. The lowest BCUT2D eigenvalue weighted by Gasteiger charge is -2.28. The van der Waals surface area contributed by atoms with Gasteiger partial charge in [0, 0.05) is 31.0 Å². The van der Waals surface area contributed by atoms with Gasteiger partial charge >= 0.3 is 0 Å². The Bertz CT molecular complexity index is 814. The number of carbonyl (C=O) groups excluding carboxylic acids is 2. The van der Waals surface area contributed by atoms with Gasteiger partial charge in [0.1, 0.15) is 11.4 Å². The van der Waals surface area contributed by atoms with Gasteiger partial charge in [0.25, 0.3) is 11.8 Å². The highest BCUT2D eigenvalue weighted by Gasteiger charge is 2.14. The molecule has 2 heterocycles. The molecule has 2 aromatic rings. The van der Waals surface area contributed by atoms with Gasteiger partial charge in [0.05, 0.1) is 0 Å². The molecule has 1 aromatic heterocycles. The topological polar surface area (TPSA) is 74.3 Å². The number of pyridine rings is 1. The molecule has 2 N–H and O–H groups in total. The predicted molar refractivity (Wildman–Crippen MR) is 117 cm³/mol. The van der Waals surface area contributed by atoms with Crippen LogP contribution in [0, 0.1) is 0 Å². The van der Waals surface area contributed by atoms with Crippen LogP contribution in [0.25, 0.3) is 0 Å². The van der Waals surface area contributed by atoms with Crippen LogP contribution in [0.5, 0.6) is 0 Å². The van der Waals surface area contributed by atoms with Crippen molar-refractivity contribution in [3.05, 3.63) is 53.9 Å². The Morgan fingerprint density at radius 1 is 0.931 bits per heavy atom. The molecule has 29 heavy (non-hydrogen) atoms. The van der Waals surface area contributed by atoms with Crippen LogP contribution in [-0.2, 0) is 0 Å². The Labute approximate surface area is 172 Å². The van der Waals surface area contributed by atoms with Crippen LogP contribution in [-0.4, -0.2) is 36.4 Å². The highest BCUT2D eigenvalue weighted by atomic mass is 16.2. The molecular formula is C23H30N4O2. The molecule has 1 aliphatic heterocycles. The minimum absolute atomic E-state index is 0.228. The molecule has 6 nitrogen and oxygen atoms in total. The van der Waals surface area contributed by atoms with Crippen LogP contribution in [0.3, 0.4) is 0 Å². The molecule has 1 aromatic carbocycles. The highest BCUT2D eigenvalue weighted by molar-refractivity contribution is 6.03. The Morgan fingerprint density at radius 2 is 1.62 bits per heavy atom. The zero-order valence-corrected chi connectivity index (χ0v) is 17.1. The number of hydrogen-bond donors (Lipinski definition) is 2. The fourth-order valence-corrected chi connectivity index (χ4v) is 3.46. The number of aromatic nitrogens is 1. The van der Waals surface area contributed by atoms with Crippen molar-refractivity contribution in [2.24, 2.45) is 0 Å². The van der Waals surface area contributed by atoms with Crippen molar-refractivity contribution in [1.82, 2.24) is 10.3 Å². The number of unbranched alkanes of at least 4 members (excludes halogenated alkanes) is 2. The minimum Gasteiger partial charge on any atom is -0.372 e. The number of hydrogen-bond acceptors (Lipinski definition) is 4. The maximum atomic E-state index is 12.6. The summed E-state index contributed by atoms with van der Waals surface area (Å²) in [6.07, 6.45) is 6.87. The third kappa shape index (κ3) is 6.04. The number of rotatable bonds is 8. The minimum atomic E-state index is -0.323. The lowest BCUT2D eigenvalue weighted by atomic mass is 10.1. The molecule has 0 spiro atoms. The Hall–Kier alpha value is -2.89. The van der Waals surface area contributed by atoms with Crippen LogP contribution in [0.2, 0.25) is 0 Å². The summed E-state index contributed by atoms with van der Waals surface area (Å²) in [6.45, 7) is 4.91. The fourth-order valence-electron chi connectivity index (χ4n) is 3.46. The first-order valence-electron chi connectivity index (χ1n) is 10.6. The van der Waals surface area contributed by atoms with Crippen molar-refractivity contribution in [3.63, 3.8) is 0 Å². The molecule has 6 heteroatoms. The SMILES string of the molecule is CCCCCNC(=O)c1cccc(C(=O)Nc2ccc(N3CCCCC3)cc2)n1. The van der Waals surface area contributed by atoms with Crippen LogP contribution in [0.15, 0.2) is 42.5 Å². The second kappa shape index (κ2) is 10.6. The third-order valence-corrected chi connectivity index (χ3v) is 5.13. The molecule has 1 fully saturated rings. The molecule has 2 amide bonds. The van der Waals surface area contributed by atoms with Crippen molar-refractivity contribution < 1.29 is 9.59 Å². The number of nitrogens with zero attached hydrogens (tertiary/aromatic N) is 2. The summed E-state index contributed by atoms with van der Waals surface area (Å²) in [5, 5.41) is 5.71. The average molecular weight is 395 g/mol. The number of piperidine rings is 1. The van der Waals surface area contributed by atoms with Crippen molar-refractivity contribution in [2.45, 2.75) is 45.4 Å². The van der Waals surface area contributed by atoms with Crippen molar-refractivity contribution in [3.8, 4) is 0 Å². The van der Waals surface area contributed by atoms with E-state index in [1.165, 1.54) is 24.9 Å². The van der Waals surface area contributed by atoms with E-state index < -0.39 is 0 Å². The number of nitrogens with one attached hydrogen (secondary N) is 2. The van der Waals surface area contributed by atoms with Gasteiger partial charge in [-0.25, -0.2) is 4.98 Å². The Kier molecular flexibility index (Phi) is 7.61. The first-order chi connectivity index (χ1) is 14.2.